The topological polar surface area (TPSA) is 65.1 Å². The van der Waals surface area contributed by atoms with Crippen LogP contribution in [0.2, 0.25) is 0 Å². The maximum absolute atomic E-state index is 12.7. The molecule has 0 saturated carbocycles. The van der Waals surface area contributed by atoms with E-state index < -0.39 is 18.7 Å². The van der Waals surface area contributed by atoms with Gasteiger partial charge in [-0.3, -0.25) is 4.79 Å². The van der Waals surface area contributed by atoms with Gasteiger partial charge in [-0.2, -0.15) is 8.78 Å². The zero-order chi connectivity index (χ0) is 20.3. The molecule has 0 unspecified atom stereocenters. The molecule has 0 radical (unpaired) electrons. The van der Waals surface area contributed by atoms with E-state index in [1.54, 1.807) is 4.90 Å². The van der Waals surface area contributed by atoms with Gasteiger partial charge in [-0.25, -0.2) is 4.79 Å². The molecule has 1 atom stereocenters. The molecule has 0 bridgehead atoms. The molecule has 1 amide bonds. The zero-order valence-corrected chi connectivity index (χ0v) is 15.4. The van der Waals surface area contributed by atoms with Gasteiger partial charge in [0.2, 0.25) is 0 Å². The van der Waals surface area contributed by atoms with Crippen LogP contribution in [0.5, 0.6) is 11.5 Å². The number of hydrogen-bond donors (Lipinski definition) is 0. The normalized spacial score (nSPS) is 13.8. The molecule has 3 rings (SSSR count). The molecule has 0 fully saturated rings. The predicted molar refractivity (Wildman–Crippen MR) is 97.0 cm³/mol. The summed E-state index contributed by atoms with van der Waals surface area (Å²) in [7, 11) is 1.26. The molecule has 1 aliphatic heterocycles. The third kappa shape index (κ3) is 4.05. The van der Waals surface area contributed by atoms with Gasteiger partial charge in [-0.15, -0.1) is 0 Å². The third-order valence-corrected chi connectivity index (χ3v) is 4.40. The van der Waals surface area contributed by atoms with Gasteiger partial charge in [-0.1, -0.05) is 18.2 Å². The fraction of sp³-hybridized carbons (Fsp3) is 0.300. The number of hydrogen-bond acceptors (Lipinski definition) is 5. The standard InChI is InChI=1S/C20H19F2NO5/c1-12(18(24)23-10-9-13-5-3-4-6-15(13)23)27-19(25)14-7-8-16(28-20(21)22)17(11-14)26-2/h3-8,11-12,20H,9-10H2,1-2H3/t12-/m0/s1. The summed E-state index contributed by atoms with van der Waals surface area (Å²) in [5.41, 5.74) is 1.93. The van der Waals surface area contributed by atoms with Crippen LogP contribution in [-0.4, -0.2) is 38.2 Å². The van der Waals surface area contributed by atoms with Crippen LogP contribution in [0.25, 0.3) is 0 Å². The van der Waals surface area contributed by atoms with Crippen molar-refractivity contribution in [3.05, 3.63) is 53.6 Å². The number of halogens is 2. The minimum atomic E-state index is -3.02. The highest BCUT2D eigenvalue weighted by Crippen LogP contribution is 2.30. The Balaban J connectivity index is 1.70. The Morgan fingerprint density at radius 1 is 1.11 bits per heavy atom. The number of ether oxygens (including phenoxy) is 3. The number of methoxy groups -OCH3 is 1. The summed E-state index contributed by atoms with van der Waals surface area (Å²) >= 11 is 0. The van der Waals surface area contributed by atoms with Crippen LogP contribution in [0, 0.1) is 0 Å². The second kappa shape index (κ2) is 8.24. The lowest BCUT2D eigenvalue weighted by atomic mass is 10.2. The fourth-order valence-electron chi connectivity index (χ4n) is 3.05. The van der Waals surface area contributed by atoms with Gasteiger partial charge >= 0.3 is 12.6 Å². The van der Waals surface area contributed by atoms with Gasteiger partial charge in [0.1, 0.15) is 0 Å². The molecule has 0 aliphatic carbocycles. The Morgan fingerprint density at radius 3 is 2.57 bits per heavy atom. The van der Waals surface area contributed by atoms with Crippen molar-refractivity contribution >= 4 is 17.6 Å². The van der Waals surface area contributed by atoms with E-state index in [1.807, 2.05) is 24.3 Å². The van der Waals surface area contributed by atoms with Crippen molar-refractivity contribution < 1.29 is 32.6 Å². The smallest absolute Gasteiger partial charge is 0.387 e. The molecule has 0 spiro atoms. The molecule has 2 aromatic carbocycles. The van der Waals surface area contributed by atoms with E-state index in [0.29, 0.717) is 6.54 Å². The van der Waals surface area contributed by atoms with E-state index in [4.69, 9.17) is 9.47 Å². The van der Waals surface area contributed by atoms with Gasteiger partial charge in [0.25, 0.3) is 5.91 Å². The van der Waals surface area contributed by atoms with Gasteiger partial charge in [-0.05, 0) is 43.2 Å². The molecule has 1 heterocycles. The SMILES string of the molecule is COc1cc(C(=O)O[C@@H](C)C(=O)N2CCc3ccccc32)ccc1OC(F)F. The van der Waals surface area contributed by atoms with E-state index in [1.165, 1.54) is 32.2 Å². The number of anilines is 1. The van der Waals surface area contributed by atoms with Gasteiger partial charge < -0.3 is 19.1 Å². The number of amides is 1. The van der Waals surface area contributed by atoms with Crippen molar-refractivity contribution in [2.75, 3.05) is 18.6 Å². The molecule has 8 heteroatoms. The summed E-state index contributed by atoms with van der Waals surface area (Å²) in [6.07, 6.45) is -0.271. The third-order valence-electron chi connectivity index (χ3n) is 4.40. The number of carbonyl (C=O) groups is 2. The van der Waals surface area contributed by atoms with Crippen LogP contribution in [-0.2, 0) is 16.0 Å². The van der Waals surface area contributed by atoms with E-state index in [9.17, 15) is 18.4 Å². The largest absolute Gasteiger partial charge is 0.493 e. The molecule has 6 nitrogen and oxygen atoms in total. The van der Waals surface area contributed by atoms with Crippen LogP contribution >= 0.6 is 0 Å². The lowest BCUT2D eigenvalue weighted by molar-refractivity contribution is -0.126. The van der Waals surface area contributed by atoms with Crippen LogP contribution in [0.4, 0.5) is 14.5 Å². The Morgan fingerprint density at radius 2 is 1.86 bits per heavy atom. The van der Waals surface area contributed by atoms with Crippen molar-refractivity contribution in [2.24, 2.45) is 0 Å². The van der Waals surface area contributed by atoms with E-state index in [2.05, 4.69) is 4.74 Å². The van der Waals surface area contributed by atoms with Crippen LogP contribution in [0.3, 0.4) is 0 Å². The quantitative estimate of drug-likeness (QED) is 0.706. The number of benzene rings is 2. The molecule has 0 saturated heterocycles. The lowest BCUT2D eigenvalue weighted by Crippen LogP contribution is -2.39. The van der Waals surface area contributed by atoms with Crippen molar-refractivity contribution in [3.63, 3.8) is 0 Å². The number of nitrogens with zero attached hydrogens (tertiary/aromatic N) is 1. The molecular weight excluding hydrogens is 372 g/mol. The summed E-state index contributed by atoms with van der Waals surface area (Å²) < 4.78 is 39.4. The Labute approximate surface area is 160 Å². The minimum absolute atomic E-state index is 0.0396. The average molecular weight is 391 g/mol. The summed E-state index contributed by atoms with van der Waals surface area (Å²) in [5, 5.41) is 0. The Kier molecular flexibility index (Phi) is 5.77. The van der Waals surface area contributed by atoms with Gasteiger partial charge in [0.15, 0.2) is 17.6 Å². The van der Waals surface area contributed by atoms with Gasteiger partial charge in [0, 0.05) is 12.2 Å². The minimum Gasteiger partial charge on any atom is -0.493 e. The predicted octanol–water partition coefficient (Wildman–Crippen LogP) is 3.43. The van der Waals surface area contributed by atoms with Crippen molar-refractivity contribution in [3.8, 4) is 11.5 Å². The van der Waals surface area contributed by atoms with Gasteiger partial charge in [0.05, 0.1) is 12.7 Å². The highest BCUT2D eigenvalue weighted by molar-refractivity contribution is 6.00. The van der Waals surface area contributed by atoms with E-state index in [-0.39, 0.29) is 23.0 Å². The maximum Gasteiger partial charge on any atom is 0.387 e. The number of alkyl halides is 2. The number of fused-ring (bicyclic) bond motifs is 1. The second-order valence-corrected chi connectivity index (χ2v) is 6.16. The summed E-state index contributed by atoms with van der Waals surface area (Å²) in [6, 6.07) is 11.2. The monoisotopic (exact) mass is 391 g/mol. The van der Waals surface area contributed by atoms with Crippen LogP contribution < -0.4 is 14.4 Å². The molecule has 2 aromatic rings. The maximum atomic E-state index is 12.7. The molecular formula is C20H19F2NO5. The first kappa shape index (κ1) is 19.6. The zero-order valence-electron chi connectivity index (χ0n) is 15.4. The first-order valence-corrected chi connectivity index (χ1v) is 8.64. The average Bonchev–Trinajstić information content (AvgIpc) is 3.11. The van der Waals surface area contributed by atoms with E-state index in [0.717, 1.165) is 17.7 Å². The van der Waals surface area contributed by atoms with Crippen molar-refractivity contribution in [1.29, 1.82) is 0 Å². The highest BCUT2D eigenvalue weighted by Gasteiger charge is 2.30. The molecule has 0 aromatic heterocycles. The first-order valence-electron chi connectivity index (χ1n) is 8.64. The highest BCUT2D eigenvalue weighted by atomic mass is 19.3. The Bertz CT molecular complexity index is 887. The molecule has 148 valence electrons. The number of para-hydroxylation sites is 1. The summed E-state index contributed by atoms with van der Waals surface area (Å²) in [4.78, 5) is 26.7. The van der Waals surface area contributed by atoms with Crippen LogP contribution in [0.1, 0.15) is 22.8 Å². The number of esters is 1. The van der Waals surface area contributed by atoms with Crippen molar-refractivity contribution in [2.45, 2.75) is 26.1 Å². The van der Waals surface area contributed by atoms with E-state index >= 15 is 0 Å². The lowest BCUT2D eigenvalue weighted by Gasteiger charge is -2.21. The second-order valence-electron chi connectivity index (χ2n) is 6.16. The number of rotatable bonds is 6. The molecule has 28 heavy (non-hydrogen) atoms. The molecule has 0 N–H and O–H groups in total. The molecule has 1 aliphatic rings. The number of carbonyl (C=O) groups excluding carboxylic acids is 2. The fourth-order valence-corrected chi connectivity index (χ4v) is 3.05. The summed E-state index contributed by atoms with van der Waals surface area (Å²) in [6.45, 7) is -1.01. The van der Waals surface area contributed by atoms with Crippen LogP contribution in [0.15, 0.2) is 42.5 Å². The van der Waals surface area contributed by atoms with Crippen molar-refractivity contribution in [1.82, 2.24) is 0 Å². The first-order chi connectivity index (χ1) is 13.4. The summed E-state index contributed by atoms with van der Waals surface area (Å²) in [5.74, 6) is -1.34. The Hall–Kier alpha value is -3.16.